The minimum Gasteiger partial charge on any atom is -0.489 e. The first-order valence-electron chi connectivity index (χ1n) is 6.29. The van der Waals surface area contributed by atoms with Crippen molar-refractivity contribution in [3.8, 4) is 5.75 Å². The normalized spacial score (nSPS) is 12.5. The van der Waals surface area contributed by atoms with Gasteiger partial charge in [-0.25, -0.2) is 0 Å². The van der Waals surface area contributed by atoms with Crippen LogP contribution in [0.15, 0.2) is 41.1 Å². The van der Waals surface area contributed by atoms with Crippen molar-refractivity contribution in [2.45, 2.75) is 26.0 Å². The van der Waals surface area contributed by atoms with E-state index < -0.39 is 0 Å². The summed E-state index contributed by atoms with van der Waals surface area (Å²) in [5.41, 5.74) is 8.14. The molecule has 2 rings (SSSR count). The quantitative estimate of drug-likeness (QED) is 0.888. The molecule has 2 N–H and O–H groups in total. The number of rotatable bonds is 4. The molecule has 3 nitrogen and oxygen atoms in total. The maximum Gasteiger partial charge on any atom is 0.138 e. The Bertz CT molecular complexity index is 604. The van der Waals surface area contributed by atoms with Gasteiger partial charge in [-0.05, 0) is 59.1 Å². The van der Waals surface area contributed by atoms with E-state index >= 15 is 0 Å². The van der Waals surface area contributed by atoms with Gasteiger partial charge in [-0.3, -0.25) is 4.98 Å². The second-order valence-corrected chi connectivity index (χ2v) is 6.03. The molecule has 0 fully saturated rings. The monoisotopic (exact) mass is 354 g/mol. The third kappa shape index (κ3) is 3.72. The van der Waals surface area contributed by atoms with Gasteiger partial charge in [-0.15, -0.1) is 0 Å². The van der Waals surface area contributed by atoms with Gasteiger partial charge in [0.2, 0.25) is 0 Å². The minimum atomic E-state index is -0.272. The molecule has 0 amide bonds. The third-order valence-electron chi connectivity index (χ3n) is 2.77. The van der Waals surface area contributed by atoms with Gasteiger partial charge in [0.05, 0.1) is 23.4 Å². The molecule has 0 aliphatic rings. The molecular formula is C15H16BrClN2O. The Morgan fingerprint density at radius 3 is 2.60 bits per heavy atom. The largest absolute Gasteiger partial charge is 0.489 e. The summed E-state index contributed by atoms with van der Waals surface area (Å²) < 4.78 is 6.46. The van der Waals surface area contributed by atoms with Crippen LogP contribution in [0, 0.1) is 0 Å². The van der Waals surface area contributed by atoms with Crippen LogP contribution in [-0.2, 0) is 0 Å². The molecule has 0 bridgehead atoms. The lowest BCUT2D eigenvalue weighted by molar-refractivity contribution is 0.241. The second-order valence-electron chi connectivity index (χ2n) is 4.77. The molecule has 106 valence electrons. The Hall–Kier alpha value is -1.10. The summed E-state index contributed by atoms with van der Waals surface area (Å²) in [5.74, 6) is 0.723. The lowest BCUT2D eigenvalue weighted by Gasteiger charge is -2.15. The number of pyridine rings is 1. The SMILES string of the molecule is CC(C)Oc1cncc(C(N)c2ccc(Cl)c(Br)c2)c1. The lowest BCUT2D eigenvalue weighted by Crippen LogP contribution is -2.13. The molecule has 1 atom stereocenters. The first kappa shape index (κ1) is 15.3. The topological polar surface area (TPSA) is 48.1 Å². The highest BCUT2D eigenvalue weighted by molar-refractivity contribution is 9.10. The molecule has 20 heavy (non-hydrogen) atoms. The fraction of sp³-hybridized carbons (Fsp3) is 0.267. The third-order valence-corrected chi connectivity index (χ3v) is 3.98. The molecule has 1 heterocycles. The molecule has 2 aromatic rings. The van der Waals surface area contributed by atoms with Crippen LogP contribution in [-0.4, -0.2) is 11.1 Å². The summed E-state index contributed by atoms with van der Waals surface area (Å²) in [6.07, 6.45) is 3.54. The first-order valence-corrected chi connectivity index (χ1v) is 7.46. The van der Waals surface area contributed by atoms with Gasteiger partial charge in [0, 0.05) is 10.7 Å². The average molecular weight is 356 g/mol. The molecule has 0 spiro atoms. The van der Waals surface area contributed by atoms with Crippen LogP contribution in [0.5, 0.6) is 5.75 Å². The van der Waals surface area contributed by atoms with Gasteiger partial charge < -0.3 is 10.5 Å². The van der Waals surface area contributed by atoms with E-state index in [0.29, 0.717) is 5.02 Å². The smallest absolute Gasteiger partial charge is 0.138 e. The van der Waals surface area contributed by atoms with E-state index in [1.54, 1.807) is 12.4 Å². The van der Waals surface area contributed by atoms with Crippen molar-refractivity contribution in [2.24, 2.45) is 5.73 Å². The Morgan fingerprint density at radius 2 is 1.95 bits per heavy atom. The molecular weight excluding hydrogens is 340 g/mol. The summed E-state index contributed by atoms with van der Waals surface area (Å²) in [6.45, 7) is 3.95. The minimum absolute atomic E-state index is 0.105. The van der Waals surface area contributed by atoms with Crippen molar-refractivity contribution in [2.75, 3.05) is 0 Å². The van der Waals surface area contributed by atoms with Crippen LogP contribution in [0.25, 0.3) is 0 Å². The van der Waals surface area contributed by atoms with Crippen molar-refractivity contribution >= 4 is 27.5 Å². The summed E-state index contributed by atoms with van der Waals surface area (Å²) in [5, 5.41) is 0.663. The molecule has 0 aliphatic heterocycles. The molecule has 5 heteroatoms. The van der Waals surface area contributed by atoms with Crippen LogP contribution in [0.1, 0.15) is 31.0 Å². The van der Waals surface area contributed by atoms with E-state index in [1.807, 2.05) is 38.1 Å². The van der Waals surface area contributed by atoms with Crippen LogP contribution in [0.2, 0.25) is 5.02 Å². The summed E-state index contributed by atoms with van der Waals surface area (Å²) in [7, 11) is 0. The van der Waals surface area contributed by atoms with Gasteiger partial charge in [0.15, 0.2) is 0 Å². The number of hydrogen-bond donors (Lipinski definition) is 1. The molecule has 0 saturated carbocycles. The van der Waals surface area contributed by atoms with Crippen molar-refractivity contribution in [1.82, 2.24) is 4.98 Å². The highest BCUT2D eigenvalue weighted by Gasteiger charge is 2.12. The van der Waals surface area contributed by atoms with Crippen LogP contribution >= 0.6 is 27.5 Å². The predicted molar refractivity (Wildman–Crippen MR) is 85.2 cm³/mol. The number of aromatic nitrogens is 1. The van der Waals surface area contributed by atoms with E-state index in [-0.39, 0.29) is 12.1 Å². The van der Waals surface area contributed by atoms with Crippen molar-refractivity contribution < 1.29 is 4.74 Å². The zero-order valence-corrected chi connectivity index (χ0v) is 13.6. The Balaban J connectivity index is 2.28. The van der Waals surface area contributed by atoms with Gasteiger partial charge in [-0.2, -0.15) is 0 Å². The van der Waals surface area contributed by atoms with Crippen LogP contribution < -0.4 is 10.5 Å². The highest BCUT2D eigenvalue weighted by Crippen LogP contribution is 2.28. The standard InChI is InChI=1S/C15H16BrClN2O/c1-9(2)20-12-5-11(7-19-8-12)15(18)10-3-4-14(17)13(16)6-10/h3-9,15H,18H2,1-2H3. The number of halogens is 2. The molecule has 1 unspecified atom stereocenters. The number of nitrogens with zero attached hydrogens (tertiary/aromatic N) is 1. The Labute approximate surface area is 132 Å². The van der Waals surface area contributed by atoms with Crippen molar-refractivity contribution in [3.63, 3.8) is 0 Å². The fourth-order valence-electron chi connectivity index (χ4n) is 1.84. The predicted octanol–water partition coefficient (Wildman–Crippen LogP) is 4.33. The summed E-state index contributed by atoms with van der Waals surface area (Å²) in [4.78, 5) is 4.18. The van der Waals surface area contributed by atoms with Gasteiger partial charge >= 0.3 is 0 Å². The molecule has 0 radical (unpaired) electrons. The highest BCUT2D eigenvalue weighted by atomic mass is 79.9. The first-order chi connectivity index (χ1) is 9.47. The van der Waals surface area contributed by atoms with E-state index in [9.17, 15) is 0 Å². The molecule has 0 aliphatic carbocycles. The molecule has 1 aromatic heterocycles. The number of ether oxygens (including phenoxy) is 1. The summed E-state index contributed by atoms with van der Waals surface area (Å²) >= 11 is 9.40. The average Bonchev–Trinajstić information content (AvgIpc) is 2.40. The maximum atomic E-state index is 6.28. The number of nitrogens with two attached hydrogens (primary N) is 1. The number of hydrogen-bond acceptors (Lipinski definition) is 3. The Kier molecular flexibility index (Phi) is 5.02. The van der Waals surface area contributed by atoms with E-state index in [1.165, 1.54) is 0 Å². The zero-order valence-electron chi connectivity index (χ0n) is 11.3. The Morgan fingerprint density at radius 1 is 1.20 bits per heavy atom. The van der Waals surface area contributed by atoms with Crippen LogP contribution in [0.3, 0.4) is 0 Å². The van der Waals surface area contributed by atoms with Crippen molar-refractivity contribution in [1.29, 1.82) is 0 Å². The lowest BCUT2D eigenvalue weighted by atomic mass is 10.0. The van der Waals surface area contributed by atoms with Gasteiger partial charge in [0.25, 0.3) is 0 Å². The summed E-state index contributed by atoms with van der Waals surface area (Å²) in [6, 6.07) is 7.30. The van der Waals surface area contributed by atoms with Gasteiger partial charge in [-0.1, -0.05) is 17.7 Å². The zero-order chi connectivity index (χ0) is 14.7. The van der Waals surface area contributed by atoms with Gasteiger partial charge in [0.1, 0.15) is 5.75 Å². The number of benzene rings is 1. The van der Waals surface area contributed by atoms with E-state index in [0.717, 1.165) is 21.3 Å². The second kappa shape index (κ2) is 6.57. The van der Waals surface area contributed by atoms with Crippen molar-refractivity contribution in [3.05, 3.63) is 57.3 Å². The molecule has 0 saturated heterocycles. The van der Waals surface area contributed by atoms with E-state index in [2.05, 4.69) is 20.9 Å². The van der Waals surface area contributed by atoms with Crippen LogP contribution in [0.4, 0.5) is 0 Å². The maximum absolute atomic E-state index is 6.28. The van der Waals surface area contributed by atoms with E-state index in [4.69, 9.17) is 22.1 Å². The fourth-order valence-corrected chi connectivity index (χ4v) is 2.35. The molecule has 1 aromatic carbocycles.